The molecule has 74 valence electrons. The van der Waals surface area contributed by atoms with E-state index in [1.165, 1.54) is 29.5 Å². The van der Waals surface area contributed by atoms with E-state index < -0.39 is 0 Å². The van der Waals surface area contributed by atoms with E-state index in [2.05, 4.69) is 24.0 Å². The Hall–Kier alpha value is -0.530. The molecule has 0 atom stereocenters. The molecule has 0 spiro atoms. The van der Waals surface area contributed by atoms with E-state index in [9.17, 15) is 0 Å². The zero-order valence-corrected chi connectivity index (χ0v) is 9.14. The summed E-state index contributed by atoms with van der Waals surface area (Å²) >= 11 is 6.12. The number of aryl methyl sites for hydroxylation is 1. The second kappa shape index (κ2) is 2.98. The van der Waals surface area contributed by atoms with Gasteiger partial charge in [-0.05, 0) is 42.5 Å². The maximum absolute atomic E-state index is 6.12. The Bertz CT molecular complexity index is 351. The lowest BCUT2D eigenvalue weighted by Gasteiger charge is -2.11. The van der Waals surface area contributed by atoms with Crippen LogP contribution in [-0.2, 0) is 13.1 Å². The molecule has 1 fully saturated rings. The first-order valence-corrected chi connectivity index (χ1v) is 5.64. The lowest BCUT2D eigenvalue weighted by molar-refractivity contribution is 0.273. The van der Waals surface area contributed by atoms with Crippen molar-refractivity contribution >= 4 is 11.6 Å². The molecule has 1 aliphatic carbocycles. The minimum atomic E-state index is 0.862. The highest BCUT2D eigenvalue weighted by atomic mass is 35.5. The van der Waals surface area contributed by atoms with Crippen LogP contribution in [0.4, 0.5) is 0 Å². The minimum absolute atomic E-state index is 0.862. The number of rotatable bonds is 1. The molecule has 1 aromatic rings. The van der Waals surface area contributed by atoms with Crippen molar-refractivity contribution in [3.8, 4) is 0 Å². The van der Waals surface area contributed by atoms with Crippen LogP contribution >= 0.6 is 11.6 Å². The second-order valence-corrected chi connectivity index (χ2v) is 4.91. The number of hydrogen-bond acceptors (Lipinski definition) is 1. The summed E-state index contributed by atoms with van der Waals surface area (Å²) in [5, 5.41) is 0.918. The Morgan fingerprint density at radius 3 is 2.50 bits per heavy atom. The van der Waals surface area contributed by atoms with Crippen molar-refractivity contribution in [3.05, 3.63) is 33.8 Å². The van der Waals surface area contributed by atoms with Gasteiger partial charge in [-0.15, -0.1) is 0 Å². The summed E-state index contributed by atoms with van der Waals surface area (Å²) in [5.74, 6) is 0. The first-order chi connectivity index (χ1) is 6.74. The Morgan fingerprint density at radius 2 is 1.86 bits per heavy atom. The van der Waals surface area contributed by atoms with E-state index in [4.69, 9.17) is 11.6 Å². The van der Waals surface area contributed by atoms with Gasteiger partial charge < -0.3 is 0 Å². The fourth-order valence-corrected chi connectivity index (χ4v) is 2.45. The third-order valence-electron chi connectivity index (χ3n) is 3.29. The van der Waals surface area contributed by atoms with E-state index in [0.29, 0.717) is 0 Å². The number of hydrogen-bond donors (Lipinski definition) is 0. The smallest absolute Gasteiger partial charge is 0.0438 e. The van der Waals surface area contributed by atoms with Gasteiger partial charge in [-0.3, -0.25) is 4.90 Å². The zero-order valence-electron chi connectivity index (χ0n) is 8.39. The van der Waals surface area contributed by atoms with Crippen LogP contribution in [0.2, 0.25) is 5.02 Å². The van der Waals surface area contributed by atoms with Crippen molar-refractivity contribution in [2.45, 2.75) is 38.9 Å². The summed E-state index contributed by atoms with van der Waals surface area (Å²) in [6.07, 6.45) is 2.78. The fourth-order valence-electron chi connectivity index (χ4n) is 2.27. The molecule has 2 aliphatic rings. The predicted molar refractivity (Wildman–Crippen MR) is 58.5 cm³/mol. The van der Waals surface area contributed by atoms with E-state index in [1.807, 2.05) is 0 Å². The van der Waals surface area contributed by atoms with Crippen LogP contribution in [0.1, 0.15) is 29.5 Å². The van der Waals surface area contributed by atoms with Crippen molar-refractivity contribution in [2.24, 2.45) is 0 Å². The van der Waals surface area contributed by atoms with Gasteiger partial charge in [-0.1, -0.05) is 17.7 Å². The summed E-state index contributed by atoms with van der Waals surface area (Å²) in [4.78, 5) is 2.57. The summed E-state index contributed by atoms with van der Waals surface area (Å²) < 4.78 is 0. The van der Waals surface area contributed by atoms with Crippen LogP contribution in [0, 0.1) is 6.92 Å². The van der Waals surface area contributed by atoms with Crippen molar-refractivity contribution in [2.75, 3.05) is 0 Å². The van der Waals surface area contributed by atoms with Gasteiger partial charge in [0, 0.05) is 24.2 Å². The first-order valence-electron chi connectivity index (χ1n) is 5.26. The lowest BCUT2D eigenvalue weighted by atomic mass is 10.1. The van der Waals surface area contributed by atoms with Gasteiger partial charge in [-0.2, -0.15) is 0 Å². The van der Waals surface area contributed by atoms with E-state index >= 15 is 0 Å². The van der Waals surface area contributed by atoms with Gasteiger partial charge >= 0.3 is 0 Å². The van der Waals surface area contributed by atoms with Crippen molar-refractivity contribution in [3.63, 3.8) is 0 Å². The number of halogens is 1. The average molecular weight is 208 g/mol. The van der Waals surface area contributed by atoms with Gasteiger partial charge in [0.2, 0.25) is 0 Å². The fraction of sp³-hybridized carbons (Fsp3) is 0.500. The molecule has 1 nitrogen and oxygen atoms in total. The van der Waals surface area contributed by atoms with Crippen LogP contribution < -0.4 is 0 Å². The molecule has 0 amide bonds. The maximum Gasteiger partial charge on any atom is 0.0438 e. The standard InChI is InChI=1S/C12H14ClN/c1-8-4-9-6-14(11-2-3-11)7-10(9)5-12(8)13/h4-5,11H,2-3,6-7H2,1H3. The van der Waals surface area contributed by atoms with E-state index in [-0.39, 0.29) is 0 Å². The Kier molecular flexibility index (Phi) is 1.86. The highest BCUT2D eigenvalue weighted by Gasteiger charge is 2.32. The lowest BCUT2D eigenvalue weighted by Crippen LogP contribution is -2.18. The SMILES string of the molecule is Cc1cc2c(cc1Cl)CN(C1CC1)C2. The third kappa shape index (κ3) is 1.35. The molecule has 0 unspecified atom stereocenters. The molecule has 0 bridgehead atoms. The van der Waals surface area contributed by atoms with Crippen LogP contribution in [0.15, 0.2) is 12.1 Å². The highest BCUT2D eigenvalue weighted by molar-refractivity contribution is 6.31. The van der Waals surface area contributed by atoms with E-state index in [0.717, 1.165) is 24.2 Å². The molecule has 1 aromatic carbocycles. The highest BCUT2D eigenvalue weighted by Crippen LogP contribution is 2.36. The third-order valence-corrected chi connectivity index (χ3v) is 3.70. The molecule has 1 heterocycles. The van der Waals surface area contributed by atoms with Gasteiger partial charge in [-0.25, -0.2) is 0 Å². The first kappa shape index (κ1) is 8.75. The van der Waals surface area contributed by atoms with Gasteiger partial charge in [0.15, 0.2) is 0 Å². The zero-order chi connectivity index (χ0) is 9.71. The van der Waals surface area contributed by atoms with Crippen LogP contribution in [-0.4, -0.2) is 10.9 Å². The average Bonchev–Trinajstić information content (AvgIpc) is 2.90. The Morgan fingerprint density at radius 1 is 1.21 bits per heavy atom. The molecule has 1 saturated carbocycles. The second-order valence-electron chi connectivity index (χ2n) is 4.51. The summed E-state index contributed by atoms with van der Waals surface area (Å²) in [7, 11) is 0. The molecule has 0 radical (unpaired) electrons. The number of fused-ring (bicyclic) bond motifs is 1. The summed E-state index contributed by atoms with van der Waals surface area (Å²) in [6.45, 7) is 4.33. The topological polar surface area (TPSA) is 3.24 Å². The molecule has 14 heavy (non-hydrogen) atoms. The molecule has 0 aromatic heterocycles. The minimum Gasteiger partial charge on any atom is -0.292 e. The molecule has 0 saturated heterocycles. The van der Waals surface area contributed by atoms with Crippen LogP contribution in [0.3, 0.4) is 0 Å². The number of benzene rings is 1. The van der Waals surface area contributed by atoms with Crippen molar-refractivity contribution in [1.82, 2.24) is 4.90 Å². The molecular weight excluding hydrogens is 194 g/mol. The Balaban J connectivity index is 1.93. The van der Waals surface area contributed by atoms with Gasteiger partial charge in [0.1, 0.15) is 0 Å². The van der Waals surface area contributed by atoms with E-state index in [1.54, 1.807) is 0 Å². The number of nitrogens with zero attached hydrogens (tertiary/aromatic N) is 1. The van der Waals surface area contributed by atoms with Gasteiger partial charge in [0.25, 0.3) is 0 Å². The monoisotopic (exact) mass is 207 g/mol. The maximum atomic E-state index is 6.12. The summed E-state index contributed by atoms with van der Waals surface area (Å²) in [5.41, 5.74) is 4.13. The van der Waals surface area contributed by atoms with Crippen molar-refractivity contribution < 1.29 is 0 Å². The molecule has 3 rings (SSSR count). The summed E-state index contributed by atoms with van der Waals surface area (Å²) in [6, 6.07) is 5.26. The van der Waals surface area contributed by atoms with Gasteiger partial charge in [0.05, 0.1) is 0 Å². The molecule has 0 N–H and O–H groups in total. The quantitative estimate of drug-likeness (QED) is 0.684. The molecule has 1 aliphatic heterocycles. The Labute approximate surface area is 89.7 Å². The van der Waals surface area contributed by atoms with Crippen LogP contribution in [0.25, 0.3) is 0 Å². The predicted octanol–water partition coefficient (Wildman–Crippen LogP) is 3.13. The van der Waals surface area contributed by atoms with Crippen molar-refractivity contribution in [1.29, 1.82) is 0 Å². The molecule has 2 heteroatoms. The molecular formula is C12H14ClN. The van der Waals surface area contributed by atoms with Crippen LogP contribution in [0.5, 0.6) is 0 Å². The normalized spacial score (nSPS) is 21.3. The largest absolute Gasteiger partial charge is 0.292 e.